The van der Waals surface area contributed by atoms with Crippen molar-refractivity contribution in [1.82, 2.24) is 0 Å². The number of oxime groups is 1. The molecule has 2 unspecified atom stereocenters. The van der Waals surface area contributed by atoms with Gasteiger partial charge in [-0.1, -0.05) is 19.0 Å². The molecule has 0 N–H and O–H groups in total. The first kappa shape index (κ1) is 8.97. The van der Waals surface area contributed by atoms with Gasteiger partial charge in [-0.15, -0.1) is 0 Å². The van der Waals surface area contributed by atoms with Gasteiger partial charge in [0.2, 0.25) is 0 Å². The van der Waals surface area contributed by atoms with Crippen LogP contribution in [0, 0.1) is 5.92 Å². The van der Waals surface area contributed by atoms with Crippen LogP contribution in [0.25, 0.3) is 0 Å². The van der Waals surface area contributed by atoms with Crippen molar-refractivity contribution in [3.05, 3.63) is 0 Å². The van der Waals surface area contributed by atoms with Gasteiger partial charge in [-0.05, 0) is 6.42 Å². The van der Waals surface area contributed by atoms with E-state index in [0.29, 0.717) is 19.1 Å². The van der Waals surface area contributed by atoms with Crippen LogP contribution >= 0.6 is 0 Å². The first-order valence-electron chi connectivity index (χ1n) is 4.78. The zero-order valence-electron chi connectivity index (χ0n) is 8.03. The van der Waals surface area contributed by atoms with Crippen molar-refractivity contribution in [2.45, 2.75) is 32.7 Å². The van der Waals surface area contributed by atoms with Gasteiger partial charge in [-0.2, -0.15) is 0 Å². The zero-order chi connectivity index (χ0) is 9.26. The second-order valence-electron chi connectivity index (χ2n) is 3.40. The number of hydrogen-bond donors (Lipinski definition) is 0. The molecule has 0 aromatic rings. The van der Waals surface area contributed by atoms with Crippen LogP contribution in [-0.4, -0.2) is 31.3 Å². The predicted molar refractivity (Wildman–Crippen MR) is 47.5 cm³/mol. The van der Waals surface area contributed by atoms with Crippen LogP contribution in [0.5, 0.6) is 0 Å². The molecule has 2 atom stereocenters. The van der Waals surface area contributed by atoms with Crippen molar-refractivity contribution >= 4 is 5.71 Å². The second kappa shape index (κ2) is 3.64. The van der Waals surface area contributed by atoms with Crippen LogP contribution in [0.2, 0.25) is 0 Å². The van der Waals surface area contributed by atoms with E-state index < -0.39 is 0 Å². The summed E-state index contributed by atoms with van der Waals surface area (Å²) in [6.07, 6.45) is 0.671. The smallest absolute Gasteiger partial charge is 0.198 e. The molecule has 0 aliphatic carbocycles. The van der Waals surface area contributed by atoms with E-state index in [1.165, 1.54) is 0 Å². The van der Waals surface area contributed by atoms with E-state index in [1.807, 2.05) is 0 Å². The lowest BCUT2D eigenvalue weighted by Crippen LogP contribution is -2.33. The van der Waals surface area contributed by atoms with E-state index in [2.05, 4.69) is 19.0 Å². The summed E-state index contributed by atoms with van der Waals surface area (Å²) in [4.78, 5) is 5.29. The fraction of sp³-hybridized carbons (Fsp3) is 0.889. The number of rotatable bonds is 2. The van der Waals surface area contributed by atoms with Crippen LogP contribution in [0.15, 0.2) is 5.16 Å². The highest BCUT2D eigenvalue weighted by Crippen LogP contribution is 2.26. The van der Waals surface area contributed by atoms with Crippen LogP contribution in [-0.2, 0) is 14.3 Å². The topological polar surface area (TPSA) is 40.0 Å². The molecule has 2 heterocycles. The van der Waals surface area contributed by atoms with Gasteiger partial charge in [0.05, 0.1) is 18.9 Å². The molecule has 2 rings (SSSR count). The molecule has 1 fully saturated rings. The van der Waals surface area contributed by atoms with Gasteiger partial charge in [-0.3, -0.25) is 0 Å². The molecule has 0 aromatic heterocycles. The molecule has 2 aliphatic heterocycles. The quantitative estimate of drug-likeness (QED) is 0.648. The van der Waals surface area contributed by atoms with Crippen LogP contribution < -0.4 is 0 Å². The van der Waals surface area contributed by atoms with Crippen molar-refractivity contribution in [3.8, 4) is 0 Å². The summed E-state index contributed by atoms with van der Waals surface area (Å²) < 4.78 is 10.8. The van der Waals surface area contributed by atoms with Crippen molar-refractivity contribution in [3.63, 3.8) is 0 Å². The van der Waals surface area contributed by atoms with E-state index in [0.717, 1.165) is 12.1 Å². The highest BCUT2D eigenvalue weighted by molar-refractivity contribution is 5.87. The van der Waals surface area contributed by atoms with Gasteiger partial charge in [0.15, 0.2) is 12.4 Å². The Morgan fingerprint density at radius 3 is 2.62 bits per heavy atom. The van der Waals surface area contributed by atoms with Gasteiger partial charge >= 0.3 is 0 Å². The van der Waals surface area contributed by atoms with Gasteiger partial charge in [0.1, 0.15) is 0 Å². The van der Waals surface area contributed by atoms with E-state index in [1.54, 1.807) is 0 Å². The van der Waals surface area contributed by atoms with Crippen molar-refractivity contribution in [2.24, 2.45) is 11.1 Å². The molecule has 74 valence electrons. The average Bonchev–Trinajstić information content (AvgIpc) is 2.72. The van der Waals surface area contributed by atoms with Gasteiger partial charge < -0.3 is 14.3 Å². The third-order valence-electron chi connectivity index (χ3n) is 2.59. The molecule has 13 heavy (non-hydrogen) atoms. The lowest BCUT2D eigenvalue weighted by molar-refractivity contribution is -0.143. The van der Waals surface area contributed by atoms with Crippen molar-refractivity contribution in [2.75, 3.05) is 13.2 Å². The molecule has 1 saturated heterocycles. The maximum atomic E-state index is 5.38. The average molecular weight is 185 g/mol. The Kier molecular flexibility index (Phi) is 2.51. The third kappa shape index (κ3) is 1.56. The molecular formula is C9H15NO3. The van der Waals surface area contributed by atoms with Crippen molar-refractivity contribution in [1.29, 1.82) is 0 Å². The third-order valence-corrected chi connectivity index (χ3v) is 2.59. The Morgan fingerprint density at radius 1 is 1.38 bits per heavy atom. The molecule has 0 aromatic carbocycles. The highest BCUT2D eigenvalue weighted by atomic mass is 16.8. The Bertz CT molecular complexity index is 211. The Hall–Kier alpha value is -0.610. The lowest BCUT2D eigenvalue weighted by Gasteiger charge is -2.19. The Morgan fingerprint density at radius 2 is 2.08 bits per heavy atom. The highest BCUT2D eigenvalue weighted by Gasteiger charge is 2.39. The first-order chi connectivity index (χ1) is 6.33. The fourth-order valence-corrected chi connectivity index (χ4v) is 1.73. The second-order valence-corrected chi connectivity index (χ2v) is 3.40. The molecule has 0 amide bonds. The molecule has 4 heteroatoms. The minimum atomic E-state index is -0.220. The summed E-state index contributed by atoms with van der Waals surface area (Å²) >= 11 is 0. The van der Waals surface area contributed by atoms with E-state index >= 15 is 0 Å². The van der Waals surface area contributed by atoms with E-state index in [4.69, 9.17) is 14.3 Å². The van der Waals surface area contributed by atoms with Gasteiger partial charge in [0, 0.05) is 5.92 Å². The Labute approximate surface area is 77.8 Å². The van der Waals surface area contributed by atoms with E-state index in [-0.39, 0.29) is 12.4 Å². The summed E-state index contributed by atoms with van der Waals surface area (Å²) in [5, 5.41) is 4.02. The molecular weight excluding hydrogens is 170 g/mol. The zero-order valence-corrected chi connectivity index (χ0v) is 8.03. The number of nitrogens with zero attached hydrogens (tertiary/aromatic N) is 1. The van der Waals surface area contributed by atoms with Gasteiger partial charge in [0.25, 0.3) is 0 Å². The number of hydrogen-bond acceptors (Lipinski definition) is 4. The normalized spacial score (nSPS) is 34.8. The van der Waals surface area contributed by atoms with Crippen molar-refractivity contribution < 1.29 is 14.3 Å². The molecule has 4 nitrogen and oxygen atoms in total. The summed E-state index contributed by atoms with van der Waals surface area (Å²) in [7, 11) is 0. The Balaban J connectivity index is 1.96. The standard InChI is InChI=1S/C9H15NO3/c1-3-7-6(2)8(13-10-7)9-11-4-5-12-9/h6,8-9H,3-5H2,1-2H3. The number of ether oxygens (including phenoxy) is 2. The van der Waals surface area contributed by atoms with Crippen LogP contribution in [0.1, 0.15) is 20.3 Å². The first-order valence-corrected chi connectivity index (χ1v) is 4.78. The lowest BCUT2D eigenvalue weighted by atomic mass is 9.98. The molecule has 0 saturated carbocycles. The monoisotopic (exact) mass is 185 g/mol. The maximum Gasteiger partial charge on any atom is 0.198 e. The van der Waals surface area contributed by atoms with E-state index in [9.17, 15) is 0 Å². The summed E-state index contributed by atoms with van der Waals surface area (Å²) in [6, 6.07) is 0. The largest absolute Gasteiger partial charge is 0.386 e. The summed E-state index contributed by atoms with van der Waals surface area (Å²) in [5.74, 6) is 0.313. The van der Waals surface area contributed by atoms with Crippen LogP contribution in [0.3, 0.4) is 0 Å². The maximum absolute atomic E-state index is 5.38. The molecule has 0 spiro atoms. The minimum Gasteiger partial charge on any atom is -0.386 e. The van der Waals surface area contributed by atoms with Gasteiger partial charge in [-0.25, -0.2) is 0 Å². The minimum absolute atomic E-state index is 0.0440. The fourth-order valence-electron chi connectivity index (χ4n) is 1.73. The molecule has 0 radical (unpaired) electrons. The molecule has 2 aliphatic rings. The van der Waals surface area contributed by atoms with Crippen LogP contribution in [0.4, 0.5) is 0 Å². The molecule has 0 bridgehead atoms. The SMILES string of the molecule is CCC1=NOC(C2OCCO2)C1C. The predicted octanol–water partition coefficient (Wildman–Crippen LogP) is 1.16. The summed E-state index contributed by atoms with van der Waals surface area (Å²) in [6.45, 7) is 5.51. The summed E-state index contributed by atoms with van der Waals surface area (Å²) in [5.41, 5.74) is 1.10.